The average molecular weight is 287 g/mol. The summed E-state index contributed by atoms with van der Waals surface area (Å²) >= 11 is 1.19. The zero-order valence-corrected chi connectivity index (χ0v) is 11.7. The number of hydrogen-bond donors (Lipinski definition) is 2. The Kier molecular flexibility index (Phi) is 4.63. The van der Waals surface area contributed by atoms with E-state index in [2.05, 4.69) is 20.8 Å². The lowest BCUT2D eigenvalue weighted by molar-refractivity contribution is 0.102. The number of nitrogens with one attached hydrogen (secondary N) is 2. The van der Waals surface area contributed by atoms with E-state index in [1.54, 1.807) is 24.3 Å². The molecule has 0 radical (unpaired) electrons. The van der Waals surface area contributed by atoms with E-state index >= 15 is 0 Å². The fourth-order valence-corrected chi connectivity index (χ4v) is 2.15. The number of nitriles is 1. The monoisotopic (exact) mass is 287 g/mol. The Hall–Kier alpha value is -2.46. The number of carbonyl (C=O) groups excluding carboxylic acids is 1. The van der Waals surface area contributed by atoms with E-state index in [0.717, 1.165) is 13.0 Å². The van der Waals surface area contributed by atoms with Crippen LogP contribution in [0.25, 0.3) is 0 Å². The molecule has 0 aliphatic heterocycles. The predicted octanol–water partition coefficient (Wildman–Crippen LogP) is 2.48. The Labute approximate surface area is 120 Å². The molecule has 1 aromatic heterocycles. The number of hydrogen-bond acceptors (Lipinski definition) is 6. The first-order valence-corrected chi connectivity index (χ1v) is 6.94. The second kappa shape index (κ2) is 6.63. The van der Waals surface area contributed by atoms with Crippen LogP contribution in [0.1, 0.15) is 28.7 Å². The summed E-state index contributed by atoms with van der Waals surface area (Å²) in [6, 6.07) is 8.84. The van der Waals surface area contributed by atoms with Crippen LogP contribution in [0.2, 0.25) is 0 Å². The maximum Gasteiger partial charge on any atom is 0.286 e. The first kappa shape index (κ1) is 14.0. The van der Waals surface area contributed by atoms with Crippen LogP contribution in [-0.2, 0) is 0 Å². The maximum atomic E-state index is 12.0. The molecule has 102 valence electrons. The van der Waals surface area contributed by atoms with Gasteiger partial charge < -0.3 is 10.6 Å². The Morgan fingerprint density at radius 2 is 2.20 bits per heavy atom. The molecule has 0 spiro atoms. The van der Waals surface area contributed by atoms with Crippen molar-refractivity contribution >= 4 is 28.1 Å². The van der Waals surface area contributed by atoms with Crippen molar-refractivity contribution in [1.82, 2.24) is 10.2 Å². The number of anilines is 2. The summed E-state index contributed by atoms with van der Waals surface area (Å²) in [5.74, 6) is -0.366. The molecule has 2 aromatic rings. The molecule has 1 heterocycles. The first-order valence-electron chi connectivity index (χ1n) is 6.12. The summed E-state index contributed by atoms with van der Waals surface area (Å²) in [6.45, 7) is 2.83. The molecule has 0 aliphatic rings. The van der Waals surface area contributed by atoms with Crippen LogP contribution in [0, 0.1) is 11.3 Å². The quantitative estimate of drug-likeness (QED) is 0.881. The van der Waals surface area contributed by atoms with Crippen LogP contribution in [0.15, 0.2) is 24.3 Å². The molecule has 2 N–H and O–H groups in total. The van der Waals surface area contributed by atoms with Crippen molar-refractivity contribution < 1.29 is 4.79 Å². The lowest BCUT2D eigenvalue weighted by atomic mass is 10.2. The lowest BCUT2D eigenvalue weighted by Gasteiger charge is -2.03. The summed E-state index contributed by atoms with van der Waals surface area (Å²) in [5, 5.41) is 23.3. The highest BCUT2D eigenvalue weighted by molar-refractivity contribution is 7.17. The van der Waals surface area contributed by atoms with Gasteiger partial charge in [-0.2, -0.15) is 5.26 Å². The van der Waals surface area contributed by atoms with Crippen LogP contribution in [0.5, 0.6) is 0 Å². The van der Waals surface area contributed by atoms with Gasteiger partial charge in [0.2, 0.25) is 10.1 Å². The summed E-state index contributed by atoms with van der Waals surface area (Å²) < 4.78 is 0. The Morgan fingerprint density at radius 1 is 1.40 bits per heavy atom. The molecular formula is C13H13N5OS. The first-order chi connectivity index (χ1) is 9.74. The van der Waals surface area contributed by atoms with Crippen LogP contribution in [-0.4, -0.2) is 22.6 Å². The summed E-state index contributed by atoms with van der Waals surface area (Å²) in [5.41, 5.74) is 0.882. The SMILES string of the molecule is CCCNc1nnc(C(=O)Nc2ccccc2C#N)s1. The lowest BCUT2D eigenvalue weighted by Crippen LogP contribution is -2.12. The summed E-state index contributed by atoms with van der Waals surface area (Å²) in [7, 11) is 0. The topological polar surface area (TPSA) is 90.7 Å². The third kappa shape index (κ3) is 3.30. The number of carbonyl (C=O) groups is 1. The van der Waals surface area contributed by atoms with Crippen molar-refractivity contribution in [2.24, 2.45) is 0 Å². The highest BCUT2D eigenvalue weighted by atomic mass is 32.1. The van der Waals surface area contributed by atoms with Crippen LogP contribution in [0.4, 0.5) is 10.8 Å². The molecule has 1 aromatic carbocycles. The Balaban J connectivity index is 2.08. The summed E-state index contributed by atoms with van der Waals surface area (Å²) in [4.78, 5) is 12.0. The van der Waals surface area contributed by atoms with Crippen LogP contribution >= 0.6 is 11.3 Å². The van der Waals surface area contributed by atoms with Gasteiger partial charge in [0.05, 0.1) is 11.3 Å². The number of benzene rings is 1. The van der Waals surface area contributed by atoms with E-state index in [9.17, 15) is 4.79 Å². The highest BCUT2D eigenvalue weighted by Gasteiger charge is 2.14. The van der Waals surface area contributed by atoms with Gasteiger partial charge in [-0.1, -0.05) is 30.4 Å². The van der Waals surface area contributed by atoms with Gasteiger partial charge >= 0.3 is 0 Å². The van der Waals surface area contributed by atoms with Gasteiger partial charge in [0, 0.05) is 6.54 Å². The third-order valence-electron chi connectivity index (χ3n) is 2.44. The minimum absolute atomic E-state index is 0.261. The van der Waals surface area contributed by atoms with E-state index in [4.69, 9.17) is 5.26 Å². The van der Waals surface area contributed by atoms with Crippen molar-refractivity contribution in [2.75, 3.05) is 17.2 Å². The van der Waals surface area contributed by atoms with E-state index in [0.29, 0.717) is 16.4 Å². The number of aromatic nitrogens is 2. The average Bonchev–Trinajstić information content (AvgIpc) is 2.94. The summed E-state index contributed by atoms with van der Waals surface area (Å²) in [6.07, 6.45) is 0.969. The largest absolute Gasteiger partial charge is 0.360 e. The van der Waals surface area contributed by atoms with Crippen LogP contribution in [0.3, 0.4) is 0 Å². The molecule has 20 heavy (non-hydrogen) atoms. The van der Waals surface area contributed by atoms with E-state index in [1.165, 1.54) is 11.3 Å². The number of para-hydroxylation sites is 1. The fourth-order valence-electron chi connectivity index (χ4n) is 1.48. The van der Waals surface area contributed by atoms with Crippen molar-refractivity contribution in [2.45, 2.75) is 13.3 Å². The molecule has 6 nitrogen and oxygen atoms in total. The molecule has 0 fully saturated rings. The van der Waals surface area contributed by atoms with Gasteiger partial charge in [-0.05, 0) is 18.6 Å². The molecule has 7 heteroatoms. The van der Waals surface area contributed by atoms with Gasteiger partial charge in [0.25, 0.3) is 5.91 Å². The van der Waals surface area contributed by atoms with E-state index in [1.807, 2.05) is 13.0 Å². The smallest absolute Gasteiger partial charge is 0.286 e. The van der Waals surface area contributed by atoms with Crippen molar-refractivity contribution in [1.29, 1.82) is 5.26 Å². The minimum atomic E-state index is -0.366. The maximum absolute atomic E-state index is 12.0. The molecule has 0 aliphatic carbocycles. The molecule has 0 bridgehead atoms. The van der Waals surface area contributed by atoms with Crippen molar-refractivity contribution in [3.63, 3.8) is 0 Å². The fraction of sp³-hybridized carbons (Fsp3) is 0.231. The molecule has 0 saturated carbocycles. The zero-order valence-electron chi connectivity index (χ0n) is 10.9. The molecule has 0 atom stereocenters. The standard InChI is InChI=1S/C13H13N5OS/c1-2-7-15-13-18-17-12(20-13)11(19)16-10-6-4-3-5-9(10)8-14/h3-6H,2,7H2,1H3,(H,15,18)(H,16,19). The normalized spacial score (nSPS) is 9.80. The molecule has 1 amide bonds. The Bertz CT molecular complexity index is 646. The molecular weight excluding hydrogens is 274 g/mol. The second-order valence-electron chi connectivity index (χ2n) is 3.95. The van der Waals surface area contributed by atoms with Crippen LogP contribution < -0.4 is 10.6 Å². The molecule has 2 rings (SSSR count). The van der Waals surface area contributed by atoms with Crippen molar-refractivity contribution in [3.05, 3.63) is 34.8 Å². The second-order valence-corrected chi connectivity index (χ2v) is 4.93. The Morgan fingerprint density at radius 3 is 2.95 bits per heavy atom. The number of rotatable bonds is 5. The third-order valence-corrected chi connectivity index (χ3v) is 3.32. The van der Waals surface area contributed by atoms with Gasteiger partial charge in [0.1, 0.15) is 6.07 Å². The number of amides is 1. The van der Waals surface area contributed by atoms with Gasteiger partial charge in [-0.3, -0.25) is 4.79 Å². The number of nitrogens with zero attached hydrogens (tertiary/aromatic N) is 3. The zero-order chi connectivity index (χ0) is 14.4. The molecule has 0 unspecified atom stereocenters. The van der Waals surface area contributed by atoms with Gasteiger partial charge in [-0.15, -0.1) is 10.2 Å². The van der Waals surface area contributed by atoms with Crippen molar-refractivity contribution in [3.8, 4) is 6.07 Å². The molecule has 0 saturated heterocycles. The minimum Gasteiger partial charge on any atom is -0.360 e. The predicted molar refractivity (Wildman–Crippen MR) is 77.8 cm³/mol. The highest BCUT2D eigenvalue weighted by Crippen LogP contribution is 2.18. The van der Waals surface area contributed by atoms with Gasteiger partial charge in [0.15, 0.2) is 0 Å². The van der Waals surface area contributed by atoms with E-state index < -0.39 is 0 Å². The van der Waals surface area contributed by atoms with Gasteiger partial charge in [-0.25, -0.2) is 0 Å². The van der Waals surface area contributed by atoms with E-state index in [-0.39, 0.29) is 10.9 Å².